The topological polar surface area (TPSA) is 52.0 Å². The van der Waals surface area contributed by atoms with Crippen LogP contribution in [-0.4, -0.2) is 5.16 Å². The SMILES string of the molecule is Cc1noc(C=Cc2ccc(Cl)cc2)c1N. The van der Waals surface area contributed by atoms with Gasteiger partial charge in [0.25, 0.3) is 0 Å². The Bertz CT molecular complexity index is 514. The number of nitrogens with zero attached hydrogens (tertiary/aromatic N) is 1. The molecule has 4 heteroatoms. The van der Waals surface area contributed by atoms with Crippen LogP contribution in [0.4, 0.5) is 5.69 Å². The number of nitrogen functional groups attached to an aromatic ring is 1. The largest absolute Gasteiger partial charge is 0.394 e. The van der Waals surface area contributed by atoms with Crippen molar-refractivity contribution >= 4 is 29.4 Å². The summed E-state index contributed by atoms with van der Waals surface area (Å²) in [4.78, 5) is 0. The fourth-order valence-electron chi connectivity index (χ4n) is 1.26. The summed E-state index contributed by atoms with van der Waals surface area (Å²) in [6.07, 6.45) is 3.69. The maximum Gasteiger partial charge on any atom is 0.182 e. The van der Waals surface area contributed by atoms with Gasteiger partial charge >= 0.3 is 0 Å². The molecule has 2 rings (SSSR count). The number of rotatable bonds is 2. The predicted molar refractivity (Wildman–Crippen MR) is 66.0 cm³/mol. The smallest absolute Gasteiger partial charge is 0.182 e. The van der Waals surface area contributed by atoms with E-state index in [1.165, 1.54) is 0 Å². The van der Waals surface area contributed by atoms with Gasteiger partial charge in [-0.05, 0) is 30.7 Å². The number of nitrogens with two attached hydrogens (primary N) is 1. The van der Waals surface area contributed by atoms with Gasteiger partial charge in [-0.25, -0.2) is 0 Å². The highest BCUT2D eigenvalue weighted by Crippen LogP contribution is 2.19. The van der Waals surface area contributed by atoms with E-state index in [1.54, 1.807) is 13.0 Å². The van der Waals surface area contributed by atoms with Gasteiger partial charge in [0.05, 0.1) is 0 Å². The molecule has 0 radical (unpaired) electrons. The highest BCUT2D eigenvalue weighted by molar-refractivity contribution is 6.30. The van der Waals surface area contributed by atoms with Crippen molar-refractivity contribution in [1.29, 1.82) is 0 Å². The van der Waals surface area contributed by atoms with Gasteiger partial charge in [-0.15, -0.1) is 0 Å². The van der Waals surface area contributed by atoms with Crippen LogP contribution in [0.15, 0.2) is 28.8 Å². The standard InChI is InChI=1S/C12H11ClN2O/c1-8-12(14)11(16-15-8)7-4-9-2-5-10(13)6-3-9/h2-7H,14H2,1H3. The summed E-state index contributed by atoms with van der Waals surface area (Å²) in [6, 6.07) is 7.49. The van der Waals surface area contributed by atoms with E-state index in [0.29, 0.717) is 22.2 Å². The minimum Gasteiger partial charge on any atom is -0.394 e. The highest BCUT2D eigenvalue weighted by atomic mass is 35.5. The van der Waals surface area contributed by atoms with Crippen LogP contribution in [0.3, 0.4) is 0 Å². The second kappa shape index (κ2) is 4.41. The zero-order chi connectivity index (χ0) is 11.5. The number of halogens is 1. The molecule has 0 aliphatic heterocycles. The van der Waals surface area contributed by atoms with Crippen molar-refractivity contribution in [2.75, 3.05) is 5.73 Å². The first-order chi connectivity index (χ1) is 7.66. The average molecular weight is 235 g/mol. The molecule has 0 fully saturated rings. The third kappa shape index (κ3) is 2.25. The quantitative estimate of drug-likeness (QED) is 0.867. The van der Waals surface area contributed by atoms with Gasteiger partial charge in [-0.1, -0.05) is 35.0 Å². The Labute approximate surface area is 98.5 Å². The lowest BCUT2D eigenvalue weighted by molar-refractivity contribution is 0.408. The van der Waals surface area contributed by atoms with E-state index in [-0.39, 0.29) is 0 Å². The zero-order valence-electron chi connectivity index (χ0n) is 8.77. The third-order valence-electron chi connectivity index (χ3n) is 2.23. The molecular weight excluding hydrogens is 224 g/mol. The highest BCUT2D eigenvalue weighted by Gasteiger charge is 2.04. The first-order valence-electron chi connectivity index (χ1n) is 4.82. The van der Waals surface area contributed by atoms with Crippen LogP contribution in [0, 0.1) is 6.92 Å². The first-order valence-corrected chi connectivity index (χ1v) is 5.20. The molecule has 0 aliphatic rings. The Hall–Kier alpha value is -1.74. The molecule has 0 amide bonds. The summed E-state index contributed by atoms with van der Waals surface area (Å²) in [7, 11) is 0. The molecule has 82 valence electrons. The molecule has 0 spiro atoms. The molecule has 0 aliphatic carbocycles. The minimum atomic E-state index is 0.574. The molecule has 2 N–H and O–H groups in total. The first kappa shape index (κ1) is 10.8. The Morgan fingerprint density at radius 2 is 1.94 bits per heavy atom. The van der Waals surface area contributed by atoms with Gasteiger partial charge in [0.2, 0.25) is 0 Å². The number of aryl methyl sites for hydroxylation is 1. The second-order valence-electron chi connectivity index (χ2n) is 3.43. The van der Waals surface area contributed by atoms with Crippen LogP contribution in [0.1, 0.15) is 17.0 Å². The summed E-state index contributed by atoms with van der Waals surface area (Å²) in [5, 5.41) is 4.49. The lowest BCUT2D eigenvalue weighted by Crippen LogP contribution is -1.86. The van der Waals surface area contributed by atoms with Crippen molar-refractivity contribution in [3.8, 4) is 0 Å². The third-order valence-corrected chi connectivity index (χ3v) is 2.49. The molecule has 0 atom stereocenters. The van der Waals surface area contributed by atoms with Gasteiger partial charge in [0.1, 0.15) is 11.4 Å². The lowest BCUT2D eigenvalue weighted by atomic mass is 10.2. The number of hydrogen-bond acceptors (Lipinski definition) is 3. The normalized spacial score (nSPS) is 11.1. The van der Waals surface area contributed by atoms with Gasteiger partial charge in [0.15, 0.2) is 5.76 Å². The Balaban J connectivity index is 2.21. The number of aromatic nitrogens is 1. The molecule has 1 aromatic carbocycles. The fraction of sp³-hybridized carbons (Fsp3) is 0.0833. The van der Waals surface area contributed by atoms with Crippen molar-refractivity contribution in [3.63, 3.8) is 0 Å². The Kier molecular flexibility index (Phi) is 2.97. The Morgan fingerprint density at radius 1 is 1.25 bits per heavy atom. The maximum absolute atomic E-state index is 5.78. The summed E-state index contributed by atoms with van der Waals surface area (Å²) >= 11 is 5.78. The van der Waals surface area contributed by atoms with E-state index in [4.69, 9.17) is 21.9 Å². The van der Waals surface area contributed by atoms with Gasteiger partial charge in [0, 0.05) is 5.02 Å². The lowest BCUT2D eigenvalue weighted by Gasteiger charge is -1.93. The summed E-state index contributed by atoms with van der Waals surface area (Å²) < 4.78 is 5.05. The van der Waals surface area contributed by atoms with Crippen LogP contribution in [0.2, 0.25) is 5.02 Å². The molecular formula is C12H11ClN2O. The van der Waals surface area contributed by atoms with Crippen LogP contribution >= 0.6 is 11.6 Å². The molecule has 0 saturated heterocycles. The van der Waals surface area contributed by atoms with Crippen LogP contribution in [0.25, 0.3) is 12.2 Å². The van der Waals surface area contributed by atoms with Crippen molar-refractivity contribution in [2.24, 2.45) is 0 Å². The maximum atomic E-state index is 5.78. The van der Waals surface area contributed by atoms with Crippen molar-refractivity contribution < 1.29 is 4.52 Å². The Morgan fingerprint density at radius 3 is 2.50 bits per heavy atom. The molecule has 1 aromatic heterocycles. The van der Waals surface area contributed by atoms with E-state index in [0.717, 1.165) is 5.56 Å². The van der Waals surface area contributed by atoms with Crippen LogP contribution < -0.4 is 5.73 Å². The summed E-state index contributed by atoms with van der Waals surface area (Å²) in [5.74, 6) is 0.576. The van der Waals surface area contributed by atoms with E-state index < -0.39 is 0 Å². The molecule has 16 heavy (non-hydrogen) atoms. The average Bonchev–Trinajstić information content (AvgIpc) is 2.60. The van der Waals surface area contributed by atoms with E-state index in [9.17, 15) is 0 Å². The molecule has 0 saturated carbocycles. The van der Waals surface area contributed by atoms with Crippen molar-refractivity contribution in [3.05, 3.63) is 46.3 Å². The van der Waals surface area contributed by atoms with Crippen molar-refractivity contribution in [1.82, 2.24) is 5.16 Å². The monoisotopic (exact) mass is 234 g/mol. The zero-order valence-corrected chi connectivity index (χ0v) is 9.53. The van der Waals surface area contributed by atoms with Gasteiger partial charge in [-0.3, -0.25) is 0 Å². The molecule has 3 nitrogen and oxygen atoms in total. The molecule has 2 aromatic rings. The van der Waals surface area contributed by atoms with Crippen molar-refractivity contribution in [2.45, 2.75) is 6.92 Å². The molecule has 1 heterocycles. The van der Waals surface area contributed by atoms with Gasteiger partial charge in [-0.2, -0.15) is 0 Å². The predicted octanol–water partition coefficient (Wildman–Crippen LogP) is 3.39. The second-order valence-corrected chi connectivity index (χ2v) is 3.87. The number of hydrogen-bond donors (Lipinski definition) is 1. The van der Waals surface area contributed by atoms with Gasteiger partial charge < -0.3 is 10.3 Å². The van der Waals surface area contributed by atoms with E-state index >= 15 is 0 Å². The van der Waals surface area contributed by atoms with E-state index in [2.05, 4.69) is 5.16 Å². The number of benzene rings is 1. The summed E-state index contributed by atoms with van der Waals surface area (Å²) in [6.45, 7) is 1.80. The summed E-state index contributed by atoms with van der Waals surface area (Å²) in [5.41, 5.74) is 8.07. The number of anilines is 1. The minimum absolute atomic E-state index is 0.574. The molecule has 0 bridgehead atoms. The van der Waals surface area contributed by atoms with E-state index in [1.807, 2.05) is 30.3 Å². The van der Waals surface area contributed by atoms with Crippen LogP contribution in [0.5, 0.6) is 0 Å². The van der Waals surface area contributed by atoms with Crippen LogP contribution in [-0.2, 0) is 0 Å². The molecule has 0 unspecified atom stereocenters. The fourth-order valence-corrected chi connectivity index (χ4v) is 1.39.